The second kappa shape index (κ2) is 3.67. The number of ether oxygens (including phenoxy) is 1. The van der Waals surface area contributed by atoms with Crippen molar-refractivity contribution in [1.29, 1.82) is 0 Å². The molecular weight excluding hydrogens is 200 g/mol. The van der Waals surface area contributed by atoms with Gasteiger partial charge in [-0.1, -0.05) is 0 Å². The lowest BCUT2D eigenvalue weighted by Crippen LogP contribution is -2.46. The van der Waals surface area contributed by atoms with Gasteiger partial charge in [0, 0.05) is 12.0 Å². The maximum atomic E-state index is 11.6. The van der Waals surface area contributed by atoms with Crippen molar-refractivity contribution in [2.45, 2.75) is 18.9 Å². The van der Waals surface area contributed by atoms with Crippen molar-refractivity contribution >= 4 is 17.2 Å². The van der Waals surface area contributed by atoms with Crippen LogP contribution >= 0.6 is 11.3 Å². The van der Waals surface area contributed by atoms with Crippen LogP contribution in [0.2, 0.25) is 0 Å². The largest absolute Gasteiger partial charge is 0.379 e. The van der Waals surface area contributed by atoms with Crippen LogP contribution in [0, 0.1) is 0 Å². The van der Waals surface area contributed by atoms with Crippen molar-refractivity contribution in [3.05, 3.63) is 16.6 Å². The van der Waals surface area contributed by atoms with E-state index in [1.54, 1.807) is 10.9 Å². The molecule has 2 rings (SSSR count). The fourth-order valence-corrected chi connectivity index (χ4v) is 1.96. The molecule has 0 aromatic carbocycles. The van der Waals surface area contributed by atoms with Crippen LogP contribution in [0.1, 0.15) is 23.8 Å². The van der Waals surface area contributed by atoms with E-state index < -0.39 is 0 Å². The molecule has 1 N–H and O–H groups in total. The van der Waals surface area contributed by atoms with Gasteiger partial charge >= 0.3 is 0 Å². The summed E-state index contributed by atoms with van der Waals surface area (Å²) >= 11 is 1.42. The van der Waals surface area contributed by atoms with Gasteiger partial charge in [0.05, 0.1) is 17.7 Å². The highest BCUT2D eigenvalue weighted by Gasteiger charge is 2.31. The van der Waals surface area contributed by atoms with Gasteiger partial charge in [-0.3, -0.25) is 4.79 Å². The Labute approximate surface area is 86.3 Å². The molecule has 0 spiro atoms. The first-order valence-electron chi connectivity index (χ1n) is 4.48. The van der Waals surface area contributed by atoms with Gasteiger partial charge in [-0.2, -0.15) is 0 Å². The van der Waals surface area contributed by atoms with E-state index in [0.717, 1.165) is 6.42 Å². The van der Waals surface area contributed by atoms with Gasteiger partial charge in [-0.15, -0.1) is 11.3 Å². The predicted molar refractivity (Wildman–Crippen MR) is 53.4 cm³/mol. The quantitative estimate of drug-likeness (QED) is 0.797. The topological polar surface area (TPSA) is 51.2 Å². The molecule has 1 saturated heterocycles. The molecular formula is C9H12N2O2S. The van der Waals surface area contributed by atoms with Crippen LogP contribution in [0.25, 0.3) is 0 Å². The summed E-state index contributed by atoms with van der Waals surface area (Å²) in [6, 6.07) is 0. The number of amides is 1. The van der Waals surface area contributed by atoms with Crippen LogP contribution < -0.4 is 5.32 Å². The molecule has 0 saturated carbocycles. The van der Waals surface area contributed by atoms with Crippen LogP contribution in [0.4, 0.5) is 0 Å². The van der Waals surface area contributed by atoms with Crippen LogP contribution in [0.15, 0.2) is 10.9 Å². The van der Waals surface area contributed by atoms with Crippen molar-refractivity contribution in [1.82, 2.24) is 10.3 Å². The SMILES string of the molecule is CC1(NC(=O)c2cscn2)CCOC1. The Morgan fingerprint density at radius 1 is 1.79 bits per heavy atom. The third-order valence-corrected chi connectivity index (χ3v) is 2.89. The number of hydrogen-bond acceptors (Lipinski definition) is 4. The van der Waals surface area contributed by atoms with Gasteiger partial charge < -0.3 is 10.1 Å². The highest BCUT2D eigenvalue weighted by atomic mass is 32.1. The van der Waals surface area contributed by atoms with Crippen LogP contribution in [-0.2, 0) is 4.74 Å². The highest BCUT2D eigenvalue weighted by molar-refractivity contribution is 7.07. The molecule has 0 aliphatic carbocycles. The molecule has 1 aromatic rings. The Hall–Kier alpha value is -0.940. The lowest BCUT2D eigenvalue weighted by molar-refractivity contribution is 0.0885. The normalized spacial score (nSPS) is 26.4. The Morgan fingerprint density at radius 3 is 3.21 bits per heavy atom. The smallest absolute Gasteiger partial charge is 0.271 e. The molecule has 1 unspecified atom stereocenters. The summed E-state index contributed by atoms with van der Waals surface area (Å²) in [6.07, 6.45) is 0.864. The molecule has 1 fully saturated rings. The highest BCUT2D eigenvalue weighted by Crippen LogP contribution is 2.18. The molecule has 1 aliphatic heterocycles. The van der Waals surface area contributed by atoms with Gasteiger partial charge in [-0.05, 0) is 13.3 Å². The second-order valence-electron chi connectivity index (χ2n) is 3.69. The molecule has 1 aromatic heterocycles. The lowest BCUT2D eigenvalue weighted by Gasteiger charge is -2.22. The number of nitrogens with zero attached hydrogens (tertiary/aromatic N) is 1. The Bertz CT molecular complexity index is 318. The fraction of sp³-hybridized carbons (Fsp3) is 0.556. The Morgan fingerprint density at radius 2 is 2.64 bits per heavy atom. The van der Waals surface area contributed by atoms with E-state index in [2.05, 4.69) is 10.3 Å². The van der Waals surface area contributed by atoms with Gasteiger partial charge in [0.15, 0.2) is 0 Å². The lowest BCUT2D eigenvalue weighted by atomic mass is 10.0. The summed E-state index contributed by atoms with van der Waals surface area (Å²) in [5, 5.41) is 4.68. The van der Waals surface area contributed by atoms with E-state index in [1.165, 1.54) is 11.3 Å². The van der Waals surface area contributed by atoms with E-state index in [9.17, 15) is 4.79 Å². The second-order valence-corrected chi connectivity index (χ2v) is 4.41. The molecule has 1 aliphatic rings. The number of carbonyl (C=O) groups is 1. The molecule has 0 radical (unpaired) electrons. The number of hydrogen-bond donors (Lipinski definition) is 1. The molecule has 1 atom stereocenters. The van der Waals surface area contributed by atoms with Crippen molar-refractivity contribution in [2.75, 3.05) is 13.2 Å². The number of nitrogens with one attached hydrogen (secondary N) is 1. The maximum Gasteiger partial charge on any atom is 0.271 e. The Balaban J connectivity index is 2.01. The molecule has 14 heavy (non-hydrogen) atoms. The van der Waals surface area contributed by atoms with Crippen LogP contribution in [0.3, 0.4) is 0 Å². The molecule has 0 bridgehead atoms. The predicted octanol–water partition coefficient (Wildman–Crippen LogP) is 1.05. The van der Waals surface area contributed by atoms with Crippen molar-refractivity contribution < 1.29 is 9.53 Å². The number of thiazole rings is 1. The fourth-order valence-electron chi connectivity index (χ4n) is 1.43. The average molecular weight is 212 g/mol. The van der Waals surface area contributed by atoms with E-state index in [4.69, 9.17) is 4.74 Å². The van der Waals surface area contributed by atoms with Crippen LogP contribution in [0.5, 0.6) is 0 Å². The number of carbonyl (C=O) groups excluding carboxylic acids is 1. The first-order chi connectivity index (χ1) is 6.70. The zero-order chi connectivity index (χ0) is 10.0. The summed E-state index contributed by atoms with van der Waals surface area (Å²) in [6.45, 7) is 3.29. The number of aromatic nitrogens is 1. The minimum atomic E-state index is -0.222. The zero-order valence-corrected chi connectivity index (χ0v) is 8.76. The molecule has 1 amide bonds. The van der Waals surface area contributed by atoms with Gasteiger partial charge in [0.25, 0.3) is 5.91 Å². The summed E-state index contributed by atoms with van der Waals surface area (Å²) in [7, 11) is 0. The third kappa shape index (κ3) is 1.93. The van der Waals surface area contributed by atoms with Crippen LogP contribution in [-0.4, -0.2) is 29.6 Å². The summed E-state index contributed by atoms with van der Waals surface area (Å²) in [4.78, 5) is 15.6. The van der Waals surface area contributed by atoms with Crippen molar-refractivity contribution in [3.63, 3.8) is 0 Å². The standard InChI is InChI=1S/C9H12N2O2S/c1-9(2-3-13-5-9)11-8(12)7-4-14-6-10-7/h4,6H,2-3,5H2,1H3,(H,11,12). The maximum absolute atomic E-state index is 11.6. The van der Waals surface area contributed by atoms with Gasteiger partial charge in [0.1, 0.15) is 5.69 Å². The van der Waals surface area contributed by atoms with Gasteiger partial charge in [-0.25, -0.2) is 4.98 Å². The Kier molecular flexibility index (Phi) is 2.52. The molecule has 2 heterocycles. The third-order valence-electron chi connectivity index (χ3n) is 2.30. The number of rotatable bonds is 2. The molecule has 5 heteroatoms. The minimum Gasteiger partial charge on any atom is -0.379 e. The summed E-state index contributed by atoms with van der Waals surface area (Å²) in [5.74, 6) is -0.112. The molecule has 4 nitrogen and oxygen atoms in total. The van der Waals surface area contributed by atoms with Gasteiger partial charge in [0.2, 0.25) is 0 Å². The monoisotopic (exact) mass is 212 g/mol. The van der Waals surface area contributed by atoms with E-state index in [0.29, 0.717) is 18.9 Å². The minimum absolute atomic E-state index is 0.112. The zero-order valence-electron chi connectivity index (χ0n) is 7.95. The van der Waals surface area contributed by atoms with Crippen molar-refractivity contribution in [3.8, 4) is 0 Å². The van der Waals surface area contributed by atoms with E-state index >= 15 is 0 Å². The first kappa shape index (κ1) is 9.61. The molecule has 76 valence electrons. The first-order valence-corrected chi connectivity index (χ1v) is 5.42. The summed E-state index contributed by atoms with van der Waals surface area (Å²) in [5.41, 5.74) is 1.92. The van der Waals surface area contributed by atoms with E-state index in [1.807, 2.05) is 6.92 Å². The average Bonchev–Trinajstić information content (AvgIpc) is 2.74. The van der Waals surface area contributed by atoms with E-state index in [-0.39, 0.29) is 11.4 Å². The van der Waals surface area contributed by atoms with Crippen molar-refractivity contribution in [2.24, 2.45) is 0 Å². The summed E-state index contributed by atoms with van der Waals surface area (Å²) < 4.78 is 5.25.